The first kappa shape index (κ1) is 29.0. The lowest BCUT2D eigenvalue weighted by Gasteiger charge is -2.26. The molecule has 240 valence electrons. The predicted octanol–water partition coefficient (Wildman–Crippen LogP) is 13.4. The molecule has 2 heterocycles. The van der Waals surface area contributed by atoms with Crippen LogP contribution in [0.5, 0.6) is 0 Å². The van der Waals surface area contributed by atoms with Crippen LogP contribution >= 0.6 is 0 Å². The average Bonchev–Trinajstić information content (AvgIpc) is 3.80. The van der Waals surface area contributed by atoms with E-state index in [0.29, 0.717) is 11.5 Å². The van der Waals surface area contributed by atoms with Crippen molar-refractivity contribution in [2.75, 3.05) is 4.90 Å². The van der Waals surface area contributed by atoms with Gasteiger partial charge < -0.3 is 13.7 Å². The standard InChI is InChI=1S/C47H30N2O2/c1-3-13-31(14-4-1)32-25-27-36(28-26-32)49(37-20-11-19-35(29-37)39-23-12-18-33-15-7-8-21-38(33)39)44-45-41(40-22-9-10-24-43(40)50-45)30-42-46(44)51-47(48-42)34-16-5-2-6-17-34/h1-30H. The molecule has 0 aliphatic rings. The second-order valence-corrected chi connectivity index (χ2v) is 12.8. The molecule has 0 spiro atoms. The molecule has 0 aliphatic heterocycles. The van der Waals surface area contributed by atoms with Crippen LogP contribution in [0.25, 0.3) is 77.5 Å². The highest BCUT2D eigenvalue weighted by atomic mass is 16.4. The fourth-order valence-electron chi connectivity index (χ4n) is 7.26. The lowest BCUT2D eigenvalue weighted by molar-refractivity contribution is 0.618. The van der Waals surface area contributed by atoms with Crippen LogP contribution in [-0.2, 0) is 0 Å². The molecule has 2 aromatic heterocycles. The maximum absolute atomic E-state index is 6.77. The van der Waals surface area contributed by atoms with Crippen molar-refractivity contribution in [3.8, 4) is 33.7 Å². The van der Waals surface area contributed by atoms with Gasteiger partial charge in [0.2, 0.25) is 5.89 Å². The van der Waals surface area contributed by atoms with Crippen LogP contribution in [0.2, 0.25) is 0 Å². The zero-order valence-corrected chi connectivity index (χ0v) is 27.5. The minimum Gasteiger partial charge on any atom is -0.454 e. The fourth-order valence-corrected chi connectivity index (χ4v) is 7.26. The number of benzene rings is 8. The lowest BCUT2D eigenvalue weighted by atomic mass is 9.97. The van der Waals surface area contributed by atoms with E-state index in [2.05, 4.69) is 132 Å². The summed E-state index contributed by atoms with van der Waals surface area (Å²) in [6, 6.07) is 63.3. The van der Waals surface area contributed by atoms with Gasteiger partial charge >= 0.3 is 0 Å². The van der Waals surface area contributed by atoms with Crippen molar-refractivity contribution in [1.82, 2.24) is 4.98 Å². The second kappa shape index (κ2) is 11.9. The number of nitrogens with zero attached hydrogens (tertiary/aromatic N) is 2. The van der Waals surface area contributed by atoms with Gasteiger partial charge in [-0.25, -0.2) is 4.98 Å². The fraction of sp³-hybridized carbons (Fsp3) is 0. The maximum Gasteiger partial charge on any atom is 0.227 e. The van der Waals surface area contributed by atoms with Crippen molar-refractivity contribution in [2.24, 2.45) is 0 Å². The smallest absolute Gasteiger partial charge is 0.227 e. The topological polar surface area (TPSA) is 42.4 Å². The Bertz CT molecular complexity index is 2850. The van der Waals surface area contributed by atoms with E-state index in [1.165, 1.54) is 16.3 Å². The number of para-hydroxylation sites is 1. The molecule has 0 saturated carbocycles. The first-order valence-corrected chi connectivity index (χ1v) is 17.1. The molecule has 10 rings (SSSR count). The predicted molar refractivity (Wildman–Crippen MR) is 210 cm³/mol. The van der Waals surface area contributed by atoms with Crippen molar-refractivity contribution < 1.29 is 8.83 Å². The van der Waals surface area contributed by atoms with Gasteiger partial charge in [0.05, 0.1) is 0 Å². The quantitative estimate of drug-likeness (QED) is 0.179. The molecule has 0 aliphatic carbocycles. The van der Waals surface area contributed by atoms with Crippen LogP contribution in [-0.4, -0.2) is 4.98 Å². The van der Waals surface area contributed by atoms with Crippen molar-refractivity contribution in [3.63, 3.8) is 0 Å². The molecule has 0 fully saturated rings. The number of anilines is 3. The largest absolute Gasteiger partial charge is 0.454 e. The average molecular weight is 655 g/mol. The van der Waals surface area contributed by atoms with Gasteiger partial charge in [0.1, 0.15) is 16.8 Å². The number of hydrogen-bond acceptors (Lipinski definition) is 4. The molecule has 10 aromatic rings. The van der Waals surface area contributed by atoms with Gasteiger partial charge in [-0.15, -0.1) is 0 Å². The molecule has 0 unspecified atom stereocenters. The highest BCUT2D eigenvalue weighted by Crippen LogP contribution is 2.48. The third-order valence-electron chi connectivity index (χ3n) is 9.68. The first-order valence-electron chi connectivity index (χ1n) is 17.1. The third kappa shape index (κ3) is 4.96. The van der Waals surface area contributed by atoms with Crippen LogP contribution in [0.15, 0.2) is 191 Å². The second-order valence-electron chi connectivity index (χ2n) is 12.8. The number of oxazole rings is 1. The SMILES string of the molecule is c1ccc(-c2ccc(N(c3cccc(-c4cccc5ccccc45)c3)c3c4oc(-c5ccccc5)nc4cc4c3oc3ccccc34)cc2)cc1. The van der Waals surface area contributed by atoms with Crippen molar-refractivity contribution in [3.05, 3.63) is 182 Å². The van der Waals surface area contributed by atoms with E-state index in [-0.39, 0.29) is 0 Å². The zero-order chi connectivity index (χ0) is 33.7. The monoisotopic (exact) mass is 654 g/mol. The van der Waals surface area contributed by atoms with E-state index in [9.17, 15) is 0 Å². The number of furan rings is 1. The summed E-state index contributed by atoms with van der Waals surface area (Å²) in [5.41, 5.74) is 11.2. The van der Waals surface area contributed by atoms with E-state index in [0.717, 1.165) is 66.8 Å². The number of rotatable bonds is 6. The van der Waals surface area contributed by atoms with Crippen LogP contribution in [0.3, 0.4) is 0 Å². The molecule has 4 heteroatoms. The molecule has 0 radical (unpaired) electrons. The lowest BCUT2D eigenvalue weighted by Crippen LogP contribution is -2.11. The van der Waals surface area contributed by atoms with Crippen LogP contribution in [0.1, 0.15) is 0 Å². The summed E-state index contributed by atoms with van der Waals surface area (Å²) in [7, 11) is 0. The van der Waals surface area contributed by atoms with Gasteiger partial charge in [-0.3, -0.25) is 0 Å². The molecule has 8 aromatic carbocycles. The molecule has 0 bridgehead atoms. The van der Waals surface area contributed by atoms with Gasteiger partial charge in [-0.1, -0.05) is 133 Å². The van der Waals surface area contributed by atoms with Gasteiger partial charge in [0.25, 0.3) is 0 Å². The Morgan fingerprint density at radius 1 is 0.412 bits per heavy atom. The van der Waals surface area contributed by atoms with E-state index in [1.54, 1.807) is 0 Å². The highest BCUT2D eigenvalue weighted by molar-refractivity contribution is 6.17. The van der Waals surface area contributed by atoms with E-state index < -0.39 is 0 Å². The normalized spacial score (nSPS) is 11.5. The molecule has 0 amide bonds. The maximum atomic E-state index is 6.77. The van der Waals surface area contributed by atoms with Crippen LogP contribution < -0.4 is 4.90 Å². The molecule has 51 heavy (non-hydrogen) atoms. The van der Waals surface area contributed by atoms with Gasteiger partial charge in [0, 0.05) is 27.7 Å². The molecular formula is C47H30N2O2. The Balaban J connectivity index is 1.26. The van der Waals surface area contributed by atoms with Crippen LogP contribution in [0.4, 0.5) is 17.1 Å². The Labute approximate surface area is 294 Å². The Morgan fingerprint density at radius 3 is 1.88 bits per heavy atom. The summed E-state index contributed by atoms with van der Waals surface area (Å²) in [5.74, 6) is 0.563. The van der Waals surface area contributed by atoms with E-state index in [1.807, 2.05) is 54.6 Å². The van der Waals surface area contributed by atoms with Crippen molar-refractivity contribution >= 4 is 60.9 Å². The summed E-state index contributed by atoms with van der Waals surface area (Å²) >= 11 is 0. The number of hydrogen-bond donors (Lipinski definition) is 0. The minimum atomic E-state index is 0.563. The van der Waals surface area contributed by atoms with Crippen molar-refractivity contribution in [1.29, 1.82) is 0 Å². The van der Waals surface area contributed by atoms with E-state index in [4.69, 9.17) is 13.8 Å². The number of fused-ring (bicyclic) bond motifs is 5. The Kier molecular flexibility index (Phi) is 6.78. The highest BCUT2D eigenvalue weighted by Gasteiger charge is 2.27. The summed E-state index contributed by atoms with van der Waals surface area (Å²) in [6.07, 6.45) is 0. The summed E-state index contributed by atoms with van der Waals surface area (Å²) in [5, 5.41) is 4.43. The van der Waals surface area contributed by atoms with Gasteiger partial charge in [-0.05, 0) is 81.6 Å². The molecular weight excluding hydrogens is 625 g/mol. The summed E-state index contributed by atoms with van der Waals surface area (Å²) in [6.45, 7) is 0. The van der Waals surface area contributed by atoms with Crippen LogP contribution in [0, 0.1) is 0 Å². The first-order chi connectivity index (χ1) is 25.3. The summed E-state index contributed by atoms with van der Waals surface area (Å²) < 4.78 is 13.5. The minimum absolute atomic E-state index is 0.563. The molecule has 4 nitrogen and oxygen atoms in total. The van der Waals surface area contributed by atoms with E-state index >= 15 is 0 Å². The van der Waals surface area contributed by atoms with Gasteiger partial charge in [0.15, 0.2) is 11.2 Å². The summed E-state index contributed by atoms with van der Waals surface area (Å²) in [4.78, 5) is 7.33. The van der Waals surface area contributed by atoms with Crippen molar-refractivity contribution in [2.45, 2.75) is 0 Å². The third-order valence-corrected chi connectivity index (χ3v) is 9.68. The number of aromatic nitrogens is 1. The Hall–Kier alpha value is -6.91. The Morgan fingerprint density at radius 2 is 1.06 bits per heavy atom. The molecule has 0 N–H and O–H groups in total. The zero-order valence-electron chi connectivity index (χ0n) is 27.5. The molecule has 0 atom stereocenters. The molecule has 0 saturated heterocycles. The van der Waals surface area contributed by atoms with Gasteiger partial charge in [-0.2, -0.15) is 0 Å².